The molecule has 1 N–H and O–H groups in total. The summed E-state index contributed by atoms with van der Waals surface area (Å²) in [6.07, 6.45) is 0.536. The molecule has 0 saturated heterocycles. The maximum atomic E-state index is 10.8. The Bertz CT molecular complexity index is 610. The number of ether oxygens (including phenoxy) is 1. The molecule has 0 spiro atoms. The van der Waals surface area contributed by atoms with Crippen molar-refractivity contribution in [1.29, 1.82) is 0 Å². The number of carbonyl (C=O) groups is 2. The number of nitrogens with zero attached hydrogens (tertiary/aromatic N) is 1. The zero-order chi connectivity index (χ0) is 15.8. The van der Waals surface area contributed by atoms with Crippen molar-refractivity contribution >= 4 is 12.4 Å². The molecule has 0 aromatic heterocycles. The minimum atomic E-state index is -1.03. The lowest BCUT2D eigenvalue weighted by molar-refractivity contribution is -0.141. The normalized spacial score (nSPS) is 10.0. The first-order valence-corrected chi connectivity index (χ1v) is 6.84. The van der Waals surface area contributed by atoms with Crippen LogP contribution in [0, 0.1) is 0 Å². The van der Waals surface area contributed by atoms with Gasteiger partial charge in [-0.3, -0.25) is 9.59 Å². The molecule has 2 aromatic carbocycles. The van der Waals surface area contributed by atoms with Crippen LogP contribution in [-0.4, -0.2) is 28.9 Å². The van der Waals surface area contributed by atoms with E-state index in [4.69, 9.17) is 9.84 Å². The van der Waals surface area contributed by atoms with Gasteiger partial charge in [0.25, 0.3) is 0 Å². The first kappa shape index (κ1) is 15.6. The molecule has 0 unspecified atom stereocenters. The fraction of sp³-hybridized carbons (Fsp3) is 0.176. The predicted molar refractivity (Wildman–Crippen MR) is 81.3 cm³/mol. The quantitative estimate of drug-likeness (QED) is 0.760. The first-order chi connectivity index (χ1) is 10.7. The summed E-state index contributed by atoms with van der Waals surface area (Å²) in [5.74, 6) is -0.307. The highest BCUT2D eigenvalue weighted by molar-refractivity contribution is 5.71. The molecular formula is C17H17NO4. The van der Waals surface area contributed by atoms with Gasteiger partial charge < -0.3 is 14.7 Å². The molecule has 0 saturated carbocycles. The van der Waals surface area contributed by atoms with Crippen molar-refractivity contribution in [3.8, 4) is 5.75 Å². The van der Waals surface area contributed by atoms with Gasteiger partial charge in [0.05, 0.1) is 0 Å². The summed E-state index contributed by atoms with van der Waals surface area (Å²) in [4.78, 5) is 22.6. The van der Waals surface area contributed by atoms with Crippen molar-refractivity contribution in [1.82, 2.24) is 4.90 Å². The molecule has 0 heterocycles. The average molecular weight is 299 g/mol. The third kappa shape index (κ3) is 4.94. The topological polar surface area (TPSA) is 66.8 Å². The number of carboxylic acid groups (broad SMARTS) is 1. The van der Waals surface area contributed by atoms with Gasteiger partial charge >= 0.3 is 5.97 Å². The van der Waals surface area contributed by atoms with E-state index in [2.05, 4.69) is 0 Å². The van der Waals surface area contributed by atoms with Gasteiger partial charge in [0.15, 0.2) is 0 Å². The lowest BCUT2D eigenvalue weighted by atomic mass is 10.2. The molecule has 0 aliphatic heterocycles. The van der Waals surface area contributed by atoms with Crippen LogP contribution in [-0.2, 0) is 22.7 Å². The van der Waals surface area contributed by atoms with Crippen LogP contribution in [0.15, 0.2) is 54.6 Å². The van der Waals surface area contributed by atoms with Crippen LogP contribution in [0.2, 0.25) is 0 Å². The molecule has 0 aliphatic carbocycles. The fourth-order valence-corrected chi connectivity index (χ4v) is 1.97. The van der Waals surface area contributed by atoms with Gasteiger partial charge in [-0.1, -0.05) is 42.5 Å². The Kier molecular flexibility index (Phi) is 5.54. The molecule has 2 rings (SSSR count). The maximum absolute atomic E-state index is 10.8. The number of carboxylic acids is 1. The van der Waals surface area contributed by atoms with Gasteiger partial charge in [-0.05, 0) is 23.3 Å². The third-order valence-electron chi connectivity index (χ3n) is 3.04. The summed E-state index contributed by atoms with van der Waals surface area (Å²) in [5.41, 5.74) is 1.93. The van der Waals surface area contributed by atoms with Crippen LogP contribution in [0.5, 0.6) is 5.75 Å². The molecule has 0 fully saturated rings. The van der Waals surface area contributed by atoms with Crippen LogP contribution in [0.25, 0.3) is 0 Å². The molecule has 114 valence electrons. The summed E-state index contributed by atoms with van der Waals surface area (Å²) in [6, 6.07) is 17.1. The smallest absolute Gasteiger partial charge is 0.323 e. The molecule has 1 amide bonds. The van der Waals surface area contributed by atoms with Gasteiger partial charge in [0.1, 0.15) is 18.9 Å². The van der Waals surface area contributed by atoms with Crippen molar-refractivity contribution in [2.75, 3.05) is 6.54 Å². The van der Waals surface area contributed by atoms with Crippen molar-refractivity contribution in [3.05, 3.63) is 65.7 Å². The van der Waals surface area contributed by atoms with Crippen LogP contribution in [0.4, 0.5) is 0 Å². The highest BCUT2D eigenvalue weighted by Crippen LogP contribution is 2.15. The zero-order valence-electron chi connectivity index (χ0n) is 12.0. The fourth-order valence-electron chi connectivity index (χ4n) is 1.97. The van der Waals surface area contributed by atoms with Gasteiger partial charge in [-0.15, -0.1) is 0 Å². The van der Waals surface area contributed by atoms with Gasteiger partial charge in [0, 0.05) is 6.54 Å². The number of carbonyl (C=O) groups excluding carboxylic acids is 1. The summed E-state index contributed by atoms with van der Waals surface area (Å²) < 4.78 is 5.67. The Morgan fingerprint density at radius 3 is 2.32 bits per heavy atom. The van der Waals surface area contributed by atoms with Crippen molar-refractivity contribution in [2.24, 2.45) is 0 Å². The summed E-state index contributed by atoms with van der Waals surface area (Å²) in [7, 11) is 0. The molecule has 2 aromatic rings. The molecule has 0 bridgehead atoms. The van der Waals surface area contributed by atoms with E-state index in [1.807, 2.05) is 54.6 Å². The van der Waals surface area contributed by atoms with Crippen molar-refractivity contribution < 1.29 is 19.4 Å². The number of amides is 1. The van der Waals surface area contributed by atoms with Gasteiger partial charge in [-0.2, -0.15) is 0 Å². The molecule has 0 aliphatic rings. The molecule has 5 nitrogen and oxygen atoms in total. The van der Waals surface area contributed by atoms with Crippen LogP contribution in [0.1, 0.15) is 11.1 Å². The Balaban J connectivity index is 1.89. The zero-order valence-corrected chi connectivity index (χ0v) is 12.0. The molecule has 0 atom stereocenters. The van der Waals surface area contributed by atoms with E-state index in [0.717, 1.165) is 16.9 Å². The van der Waals surface area contributed by atoms with Crippen LogP contribution < -0.4 is 4.74 Å². The average Bonchev–Trinajstić information content (AvgIpc) is 2.54. The minimum Gasteiger partial charge on any atom is -0.489 e. The van der Waals surface area contributed by atoms with Gasteiger partial charge in [-0.25, -0.2) is 0 Å². The van der Waals surface area contributed by atoms with E-state index in [1.165, 1.54) is 4.90 Å². The second kappa shape index (κ2) is 7.83. The number of aliphatic carboxylic acids is 1. The highest BCUT2D eigenvalue weighted by atomic mass is 16.5. The summed E-state index contributed by atoms with van der Waals surface area (Å²) >= 11 is 0. The number of hydrogen-bond acceptors (Lipinski definition) is 3. The molecule has 5 heteroatoms. The minimum absolute atomic E-state index is 0.259. The summed E-state index contributed by atoms with van der Waals surface area (Å²) in [6.45, 7) is 0.435. The lowest BCUT2D eigenvalue weighted by Gasteiger charge is -2.15. The number of rotatable bonds is 8. The van der Waals surface area contributed by atoms with E-state index in [1.54, 1.807) is 0 Å². The third-order valence-corrected chi connectivity index (χ3v) is 3.04. The SMILES string of the molecule is O=CN(CC(=O)O)Cc1ccc(OCc2ccccc2)cc1. The van der Waals surface area contributed by atoms with E-state index >= 15 is 0 Å². The van der Waals surface area contributed by atoms with Crippen LogP contribution in [0.3, 0.4) is 0 Å². The van der Waals surface area contributed by atoms with E-state index < -0.39 is 5.97 Å². The molecular weight excluding hydrogens is 282 g/mol. The van der Waals surface area contributed by atoms with E-state index in [0.29, 0.717) is 13.0 Å². The molecule has 22 heavy (non-hydrogen) atoms. The molecule has 0 radical (unpaired) electrons. The largest absolute Gasteiger partial charge is 0.489 e. The maximum Gasteiger partial charge on any atom is 0.323 e. The van der Waals surface area contributed by atoms with E-state index in [-0.39, 0.29) is 13.1 Å². The second-order valence-corrected chi connectivity index (χ2v) is 4.82. The predicted octanol–water partition coefficient (Wildman–Crippen LogP) is 2.31. The second-order valence-electron chi connectivity index (χ2n) is 4.82. The first-order valence-electron chi connectivity index (χ1n) is 6.84. The van der Waals surface area contributed by atoms with Crippen molar-refractivity contribution in [3.63, 3.8) is 0 Å². The summed E-state index contributed by atoms with van der Waals surface area (Å²) in [5, 5.41) is 8.69. The highest BCUT2D eigenvalue weighted by Gasteiger charge is 2.07. The lowest BCUT2D eigenvalue weighted by Crippen LogP contribution is -2.27. The Morgan fingerprint density at radius 2 is 1.73 bits per heavy atom. The Morgan fingerprint density at radius 1 is 1.05 bits per heavy atom. The Hall–Kier alpha value is -2.82. The monoisotopic (exact) mass is 299 g/mol. The number of benzene rings is 2. The Labute approximate surface area is 128 Å². The van der Waals surface area contributed by atoms with Crippen LogP contribution >= 0.6 is 0 Å². The number of hydrogen-bond donors (Lipinski definition) is 1. The standard InChI is InChI=1S/C17H17NO4/c19-13-18(11-17(20)21)10-14-6-8-16(9-7-14)22-12-15-4-2-1-3-5-15/h1-9,13H,10-12H2,(H,20,21). The van der Waals surface area contributed by atoms with E-state index in [9.17, 15) is 9.59 Å². The van der Waals surface area contributed by atoms with Gasteiger partial charge in [0.2, 0.25) is 6.41 Å². The van der Waals surface area contributed by atoms with Crippen molar-refractivity contribution in [2.45, 2.75) is 13.2 Å².